The van der Waals surface area contributed by atoms with E-state index in [1.165, 1.54) is 12.8 Å². The number of methoxy groups -OCH3 is 1. The standard InChI is InChI=1S/C17H16BrN3OS2/c1-22-15-5-2-11(18)8-14(15)16-20-12(9-23-16)10-24-17-19-6-7-21(17)13-3-4-13/h2,5-9,13H,3-4,10H2,1H3. The minimum absolute atomic E-state index is 0.659. The quantitative estimate of drug-likeness (QED) is 0.499. The largest absolute Gasteiger partial charge is 0.496 e. The number of nitrogens with zero attached hydrogens (tertiary/aromatic N) is 3. The zero-order chi connectivity index (χ0) is 16.5. The predicted molar refractivity (Wildman–Crippen MR) is 102 cm³/mol. The summed E-state index contributed by atoms with van der Waals surface area (Å²) < 4.78 is 8.77. The van der Waals surface area contributed by atoms with Crippen LogP contribution in [0.3, 0.4) is 0 Å². The van der Waals surface area contributed by atoms with Crippen molar-refractivity contribution in [3.05, 3.63) is 46.1 Å². The molecule has 2 heterocycles. The second-order valence-corrected chi connectivity index (χ2v) is 8.34. The van der Waals surface area contributed by atoms with Gasteiger partial charge in [-0.05, 0) is 31.0 Å². The Morgan fingerprint density at radius 2 is 2.29 bits per heavy atom. The Morgan fingerprint density at radius 1 is 1.42 bits per heavy atom. The molecule has 2 aromatic heterocycles. The molecular formula is C17H16BrN3OS2. The number of ether oxygens (including phenoxy) is 1. The van der Waals surface area contributed by atoms with Crippen LogP contribution in [0.4, 0.5) is 0 Å². The predicted octanol–water partition coefficient (Wildman–Crippen LogP) is 5.40. The van der Waals surface area contributed by atoms with Crippen LogP contribution in [0.1, 0.15) is 24.6 Å². The molecule has 0 unspecified atom stereocenters. The number of imidazole rings is 1. The van der Waals surface area contributed by atoms with Gasteiger partial charge in [0.2, 0.25) is 0 Å². The zero-order valence-electron chi connectivity index (χ0n) is 13.1. The molecular weight excluding hydrogens is 406 g/mol. The fourth-order valence-corrected chi connectivity index (χ4v) is 4.75. The molecule has 124 valence electrons. The summed E-state index contributed by atoms with van der Waals surface area (Å²) in [5.41, 5.74) is 2.10. The molecule has 0 amide bonds. The normalized spacial score (nSPS) is 14.1. The van der Waals surface area contributed by atoms with Crippen LogP contribution in [0.2, 0.25) is 0 Å². The molecule has 4 rings (SSSR count). The van der Waals surface area contributed by atoms with E-state index in [0.29, 0.717) is 6.04 Å². The number of aromatic nitrogens is 3. The van der Waals surface area contributed by atoms with E-state index in [2.05, 4.69) is 37.1 Å². The van der Waals surface area contributed by atoms with Gasteiger partial charge in [-0.15, -0.1) is 11.3 Å². The maximum Gasteiger partial charge on any atom is 0.168 e. The topological polar surface area (TPSA) is 39.9 Å². The second kappa shape index (κ2) is 6.90. The fraction of sp³-hybridized carbons (Fsp3) is 0.294. The first-order valence-electron chi connectivity index (χ1n) is 7.68. The van der Waals surface area contributed by atoms with Crippen molar-refractivity contribution in [1.82, 2.24) is 14.5 Å². The van der Waals surface area contributed by atoms with E-state index in [4.69, 9.17) is 9.72 Å². The maximum absolute atomic E-state index is 5.46. The summed E-state index contributed by atoms with van der Waals surface area (Å²) in [4.78, 5) is 9.25. The molecule has 0 bridgehead atoms. The lowest BCUT2D eigenvalue weighted by molar-refractivity contribution is 0.416. The third kappa shape index (κ3) is 3.38. The summed E-state index contributed by atoms with van der Waals surface area (Å²) in [5, 5.41) is 4.19. The van der Waals surface area contributed by atoms with E-state index < -0.39 is 0 Å². The van der Waals surface area contributed by atoms with E-state index in [1.807, 2.05) is 24.4 Å². The molecule has 3 aromatic rings. The maximum atomic E-state index is 5.46. The molecule has 0 N–H and O–H groups in total. The first kappa shape index (κ1) is 16.2. The number of halogens is 1. The van der Waals surface area contributed by atoms with Gasteiger partial charge in [-0.25, -0.2) is 9.97 Å². The van der Waals surface area contributed by atoms with E-state index in [-0.39, 0.29) is 0 Å². The number of thiazole rings is 1. The Hall–Kier alpha value is -1.31. The van der Waals surface area contributed by atoms with Gasteiger partial charge in [0.15, 0.2) is 5.16 Å². The fourth-order valence-electron chi connectivity index (χ4n) is 2.52. The van der Waals surface area contributed by atoms with Gasteiger partial charge in [-0.3, -0.25) is 0 Å². The van der Waals surface area contributed by atoms with Gasteiger partial charge in [0.05, 0.1) is 18.4 Å². The molecule has 0 radical (unpaired) electrons. The Bertz CT molecular complexity index is 857. The van der Waals surface area contributed by atoms with Gasteiger partial charge in [0, 0.05) is 34.0 Å². The Morgan fingerprint density at radius 3 is 3.08 bits per heavy atom. The Balaban J connectivity index is 1.51. The molecule has 24 heavy (non-hydrogen) atoms. The SMILES string of the molecule is COc1ccc(Br)cc1-c1nc(CSc2nccn2C2CC2)cs1. The molecule has 1 aliphatic carbocycles. The van der Waals surface area contributed by atoms with Crippen LogP contribution in [-0.4, -0.2) is 21.6 Å². The third-order valence-corrected chi connectivity index (χ3v) is 6.30. The molecule has 0 aliphatic heterocycles. The number of thioether (sulfide) groups is 1. The van der Waals surface area contributed by atoms with E-state index >= 15 is 0 Å². The Labute approximate surface area is 157 Å². The highest BCUT2D eigenvalue weighted by atomic mass is 79.9. The number of rotatable bonds is 6. The van der Waals surface area contributed by atoms with Crippen LogP contribution >= 0.6 is 39.0 Å². The van der Waals surface area contributed by atoms with Gasteiger partial charge < -0.3 is 9.30 Å². The lowest BCUT2D eigenvalue weighted by Gasteiger charge is -2.06. The van der Waals surface area contributed by atoms with Crippen molar-refractivity contribution in [1.29, 1.82) is 0 Å². The van der Waals surface area contributed by atoms with E-state index in [1.54, 1.807) is 30.2 Å². The molecule has 0 spiro atoms. The summed E-state index contributed by atoms with van der Waals surface area (Å²) in [6.07, 6.45) is 6.51. The minimum Gasteiger partial charge on any atom is -0.496 e. The summed E-state index contributed by atoms with van der Waals surface area (Å²) >= 11 is 6.92. The molecule has 4 nitrogen and oxygen atoms in total. The van der Waals surface area contributed by atoms with Crippen LogP contribution < -0.4 is 4.74 Å². The lowest BCUT2D eigenvalue weighted by atomic mass is 10.2. The first-order chi connectivity index (χ1) is 11.7. The molecule has 1 aliphatic rings. The Kier molecular flexibility index (Phi) is 4.65. The number of hydrogen-bond acceptors (Lipinski definition) is 5. The average molecular weight is 422 g/mol. The summed E-state index contributed by atoms with van der Waals surface area (Å²) in [5.74, 6) is 1.67. The van der Waals surface area contributed by atoms with Crippen molar-refractivity contribution in [2.45, 2.75) is 29.8 Å². The molecule has 1 saturated carbocycles. The second-order valence-electron chi connectivity index (χ2n) is 5.63. The van der Waals surface area contributed by atoms with E-state index in [0.717, 1.165) is 37.4 Å². The van der Waals surface area contributed by atoms with Crippen LogP contribution in [-0.2, 0) is 5.75 Å². The average Bonchev–Trinajstić information content (AvgIpc) is 3.14. The highest BCUT2D eigenvalue weighted by molar-refractivity contribution is 9.10. The van der Waals surface area contributed by atoms with Crippen LogP contribution in [0, 0.1) is 0 Å². The lowest BCUT2D eigenvalue weighted by Crippen LogP contribution is -1.95. The van der Waals surface area contributed by atoms with Crippen LogP contribution in [0.5, 0.6) is 5.75 Å². The third-order valence-electron chi connectivity index (χ3n) is 3.87. The van der Waals surface area contributed by atoms with E-state index in [9.17, 15) is 0 Å². The zero-order valence-corrected chi connectivity index (χ0v) is 16.3. The molecule has 7 heteroatoms. The van der Waals surface area contributed by atoms with Crippen molar-refractivity contribution >= 4 is 39.0 Å². The van der Waals surface area contributed by atoms with Crippen molar-refractivity contribution in [3.8, 4) is 16.3 Å². The minimum atomic E-state index is 0.659. The van der Waals surface area contributed by atoms with Gasteiger partial charge in [0.1, 0.15) is 10.8 Å². The van der Waals surface area contributed by atoms with Crippen molar-refractivity contribution in [3.63, 3.8) is 0 Å². The van der Waals surface area contributed by atoms with Crippen molar-refractivity contribution in [2.24, 2.45) is 0 Å². The molecule has 0 saturated heterocycles. The molecule has 1 fully saturated rings. The van der Waals surface area contributed by atoms with Gasteiger partial charge in [-0.2, -0.15) is 0 Å². The molecule has 1 aromatic carbocycles. The highest BCUT2D eigenvalue weighted by Gasteiger charge is 2.25. The number of hydrogen-bond donors (Lipinski definition) is 0. The summed E-state index contributed by atoms with van der Waals surface area (Å²) in [7, 11) is 1.69. The first-order valence-corrected chi connectivity index (χ1v) is 10.3. The highest BCUT2D eigenvalue weighted by Crippen LogP contribution is 2.39. The van der Waals surface area contributed by atoms with Crippen molar-refractivity contribution in [2.75, 3.05) is 7.11 Å². The summed E-state index contributed by atoms with van der Waals surface area (Å²) in [6, 6.07) is 6.65. The van der Waals surface area contributed by atoms with Gasteiger partial charge in [-0.1, -0.05) is 27.7 Å². The van der Waals surface area contributed by atoms with Gasteiger partial charge >= 0.3 is 0 Å². The monoisotopic (exact) mass is 421 g/mol. The van der Waals surface area contributed by atoms with Crippen LogP contribution in [0.15, 0.2) is 45.6 Å². The van der Waals surface area contributed by atoms with Gasteiger partial charge in [0.25, 0.3) is 0 Å². The smallest absolute Gasteiger partial charge is 0.168 e. The van der Waals surface area contributed by atoms with Crippen LogP contribution in [0.25, 0.3) is 10.6 Å². The number of benzene rings is 1. The van der Waals surface area contributed by atoms with Crippen molar-refractivity contribution < 1.29 is 4.74 Å². The molecule has 0 atom stereocenters. The summed E-state index contributed by atoms with van der Waals surface area (Å²) in [6.45, 7) is 0.